The van der Waals surface area contributed by atoms with Gasteiger partial charge >= 0.3 is 0 Å². The van der Waals surface area contributed by atoms with E-state index in [0.29, 0.717) is 52.9 Å². The summed E-state index contributed by atoms with van der Waals surface area (Å²) in [6.45, 7) is 8.92. The Kier molecular flexibility index (Phi) is 6.83. The third kappa shape index (κ3) is 4.72. The highest BCUT2D eigenvalue weighted by atomic mass is 19.1. The molecule has 0 bridgehead atoms. The topological polar surface area (TPSA) is 113 Å². The minimum atomic E-state index is -0.393. The van der Waals surface area contributed by atoms with Crippen LogP contribution in [0.15, 0.2) is 23.1 Å². The summed E-state index contributed by atoms with van der Waals surface area (Å²) in [5.74, 6) is 0.134. The average Bonchev–Trinajstić information content (AvgIpc) is 3.46. The second-order valence-corrected chi connectivity index (χ2v) is 12.3. The Hall–Kier alpha value is -4.06. The third-order valence-corrected chi connectivity index (χ3v) is 9.59. The van der Waals surface area contributed by atoms with Gasteiger partial charge in [-0.3, -0.25) is 23.9 Å². The van der Waals surface area contributed by atoms with Crippen LogP contribution < -0.4 is 20.5 Å². The molecule has 5 heterocycles. The lowest BCUT2D eigenvalue weighted by atomic mass is 10.0. The molecule has 3 aliphatic heterocycles. The molecule has 1 aliphatic carbocycles. The number of nitrogens with one attached hydrogen (secondary N) is 1. The number of aromatic nitrogens is 3. The van der Waals surface area contributed by atoms with Crippen molar-refractivity contribution in [3.63, 3.8) is 0 Å². The van der Waals surface area contributed by atoms with Gasteiger partial charge in [-0.15, -0.1) is 0 Å². The second-order valence-electron chi connectivity index (χ2n) is 12.3. The van der Waals surface area contributed by atoms with Gasteiger partial charge in [0.05, 0.1) is 11.6 Å². The summed E-state index contributed by atoms with van der Waals surface area (Å²) in [6, 6.07) is 3.53. The maximum absolute atomic E-state index is 15.7. The number of pyridine rings is 1. The third-order valence-electron chi connectivity index (χ3n) is 9.59. The molecule has 0 spiro atoms. The van der Waals surface area contributed by atoms with Crippen LogP contribution in [0.25, 0.3) is 11.0 Å². The molecule has 2 aromatic heterocycles. The van der Waals surface area contributed by atoms with Crippen LogP contribution in [-0.4, -0.2) is 87.4 Å². The van der Waals surface area contributed by atoms with Gasteiger partial charge in [0.1, 0.15) is 23.7 Å². The average molecular weight is 590 g/mol. The highest BCUT2D eigenvalue weighted by Crippen LogP contribution is 2.41. The Morgan fingerprint density at radius 2 is 1.81 bits per heavy atom. The Balaban J connectivity index is 1.15. The summed E-state index contributed by atoms with van der Waals surface area (Å²) in [7, 11) is 0. The molecule has 226 valence electrons. The fourth-order valence-corrected chi connectivity index (χ4v) is 7.25. The number of aryl methyl sites for hydroxylation is 1. The number of Topliss-reactive ketones (excluding diaryl/α,β-unsaturated/α-hetero) is 1. The van der Waals surface area contributed by atoms with Gasteiger partial charge in [-0.05, 0) is 38.3 Å². The number of halogens is 1. The number of likely N-dealkylation sites (tertiary alicyclic amines) is 1. The number of amides is 1. The van der Waals surface area contributed by atoms with E-state index in [4.69, 9.17) is 9.72 Å². The minimum absolute atomic E-state index is 0.0280. The smallest absolute Gasteiger partial charge is 0.263 e. The maximum Gasteiger partial charge on any atom is 0.263 e. The number of nitrogens with zero attached hydrogens (tertiary/aromatic N) is 6. The molecule has 3 aromatic rings. The number of hydrogen-bond acceptors (Lipinski definition) is 9. The Morgan fingerprint density at radius 3 is 2.53 bits per heavy atom. The number of carbonyl (C=O) groups excluding carboxylic acids is 2. The van der Waals surface area contributed by atoms with Gasteiger partial charge in [-0.1, -0.05) is 12.8 Å². The van der Waals surface area contributed by atoms with E-state index in [9.17, 15) is 14.4 Å². The van der Waals surface area contributed by atoms with E-state index >= 15 is 4.39 Å². The van der Waals surface area contributed by atoms with Crippen molar-refractivity contribution in [1.82, 2.24) is 24.3 Å². The van der Waals surface area contributed by atoms with Crippen molar-refractivity contribution in [2.45, 2.75) is 64.6 Å². The van der Waals surface area contributed by atoms with Gasteiger partial charge in [0.25, 0.3) is 5.56 Å². The molecule has 2 saturated heterocycles. The van der Waals surface area contributed by atoms with Crippen molar-refractivity contribution in [2.75, 3.05) is 49.5 Å². The summed E-state index contributed by atoms with van der Waals surface area (Å²) in [6.07, 6.45) is 5.36. The highest BCUT2D eigenvalue weighted by Gasteiger charge is 2.40. The van der Waals surface area contributed by atoms with Crippen LogP contribution in [0.1, 0.15) is 61.5 Å². The lowest BCUT2D eigenvalue weighted by Crippen LogP contribution is -2.67. The number of benzene rings is 1. The molecule has 11 nitrogen and oxygen atoms in total. The molecular weight excluding hydrogens is 553 g/mol. The number of rotatable bonds is 5. The van der Waals surface area contributed by atoms with E-state index < -0.39 is 5.82 Å². The molecule has 43 heavy (non-hydrogen) atoms. The van der Waals surface area contributed by atoms with Crippen molar-refractivity contribution in [3.8, 4) is 5.75 Å². The van der Waals surface area contributed by atoms with Crippen LogP contribution in [0, 0.1) is 12.7 Å². The van der Waals surface area contributed by atoms with E-state index in [-0.39, 0.29) is 40.8 Å². The first-order valence-electron chi connectivity index (χ1n) is 15.1. The summed E-state index contributed by atoms with van der Waals surface area (Å²) < 4.78 is 23.4. The van der Waals surface area contributed by atoms with E-state index in [0.717, 1.165) is 51.9 Å². The quantitative estimate of drug-likeness (QED) is 0.448. The van der Waals surface area contributed by atoms with Crippen LogP contribution in [0.4, 0.5) is 21.7 Å². The van der Waals surface area contributed by atoms with E-state index in [1.807, 2.05) is 4.90 Å². The molecule has 1 atom stereocenters. The molecule has 0 radical (unpaired) electrons. The highest BCUT2D eigenvalue weighted by molar-refractivity contribution is 5.99. The summed E-state index contributed by atoms with van der Waals surface area (Å²) in [5, 5.41) is 3.78. The number of ketones is 1. The number of piperazine rings is 1. The Labute approximate surface area is 248 Å². The number of carbonyl (C=O) groups is 2. The van der Waals surface area contributed by atoms with Gasteiger partial charge in [0.15, 0.2) is 11.6 Å². The zero-order valence-electron chi connectivity index (χ0n) is 24.7. The van der Waals surface area contributed by atoms with E-state index in [1.165, 1.54) is 13.0 Å². The first-order valence-corrected chi connectivity index (χ1v) is 15.1. The lowest BCUT2D eigenvalue weighted by Gasteiger charge is -2.51. The number of ether oxygens (including phenoxy) is 1. The standard InChI is InChI=1S/C31H36FN7O4/c1-17-24-12-33-31(35-29(24)39(21-6-4-5-7-21)30(42)27(17)18(2)40)34-20-10-25(32)28-26(11-20)43-16-23-15-36(8-9-38(23)28)22-13-37(14-22)19(3)41/h10-12,21-23H,4-9,13-16H2,1-3H3,(H,33,34,35)/t23-/m0/s1. The van der Waals surface area contributed by atoms with Gasteiger partial charge in [0, 0.05) is 75.1 Å². The van der Waals surface area contributed by atoms with Crippen LogP contribution in [0.3, 0.4) is 0 Å². The first kappa shape index (κ1) is 27.8. The van der Waals surface area contributed by atoms with Crippen molar-refractivity contribution >= 4 is 40.0 Å². The molecular formula is C31H36FN7O4. The molecule has 0 unspecified atom stereocenters. The fourth-order valence-electron chi connectivity index (χ4n) is 7.25. The van der Waals surface area contributed by atoms with Gasteiger partial charge in [0.2, 0.25) is 11.9 Å². The maximum atomic E-state index is 15.7. The van der Waals surface area contributed by atoms with Crippen molar-refractivity contribution in [1.29, 1.82) is 0 Å². The second kappa shape index (κ2) is 10.6. The van der Waals surface area contributed by atoms with Crippen molar-refractivity contribution in [3.05, 3.63) is 45.6 Å². The molecule has 1 amide bonds. The minimum Gasteiger partial charge on any atom is -0.489 e. The monoisotopic (exact) mass is 589 g/mol. The predicted molar refractivity (Wildman–Crippen MR) is 160 cm³/mol. The van der Waals surface area contributed by atoms with Gasteiger partial charge in [-0.2, -0.15) is 4.98 Å². The molecule has 4 aliphatic rings. The Bertz CT molecular complexity index is 1700. The van der Waals surface area contributed by atoms with Crippen LogP contribution >= 0.6 is 0 Å². The largest absolute Gasteiger partial charge is 0.489 e. The lowest BCUT2D eigenvalue weighted by molar-refractivity contribution is -0.136. The summed E-state index contributed by atoms with van der Waals surface area (Å²) in [5.41, 5.74) is 1.82. The number of hydrogen-bond donors (Lipinski definition) is 1. The SMILES string of the molecule is CC(=O)c1c(C)c2cnc(Nc3cc(F)c4c(c3)OC[C@@H]3CN(C5CN(C(C)=O)C5)CCN43)nc2n(C2CCCC2)c1=O. The number of fused-ring (bicyclic) bond motifs is 4. The molecule has 12 heteroatoms. The van der Waals surface area contributed by atoms with Crippen LogP contribution in [-0.2, 0) is 4.79 Å². The summed E-state index contributed by atoms with van der Waals surface area (Å²) in [4.78, 5) is 53.0. The Morgan fingerprint density at radius 1 is 1.05 bits per heavy atom. The van der Waals surface area contributed by atoms with Crippen LogP contribution in [0.2, 0.25) is 0 Å². The zero-order chi connectivity index (χ0) is 30.0. The van der Waals surface area contributed by atoms with Gasteiger partial charge < -0.3 is 19.9 Å². The van der Waals surface area contributed by atoms with Crippen molar-refractivity contribution < 1.29 is 18.7 Å². The van der Waals surface area contributed by atoms with Gasteiger partial charge in [-0.25, -0.2) is 9.37 Å². The van der Waals surface area contributed by atoms with E-state index in [1.54, 1.807) is 30.7 Å². The van der Waals surface area contributed by atoms with Crippen molar-refractivity contribution in [2.24, 2.45) is 0 Å². The molecule has 3 fully saturated rings. The van der Waals surface area contributed by atoms with E-state index in [2.05, 4.69) is 20.1 Å². The normalized spacial score (nSPS) is 20.9. The zero-order valence-corrected chi connectivity index (χ0v) is 24.7. The first-order chi connectivity index (χ1) is 20.7. The summed E-state index contributed by atoms with van der Waals surface area (Å²) >= 11 is 0. The molecule has 7 rings (SSSR count). The predicted octanol–water partition coefficient (Wildman–Crippen LogP) is 3.41. The van der Waals surface area contributed by atoms with Crippen LogP contribution in [0.5, 0.6) is 5.75 Å². The molecule has 1 N–H and O–H groups in total. The molecule has 1 aromatic carbocycles. The molecule has 1 saturated carbocycles. The fraction of sp³-hybridized carbons (Fsp3) is 0.516. The number of anilines is 3.